The molecule has 0 aliphatic carbocycles. The van der Waals surface area contributed by atoms with Crippen molar-refractivity contribution in [1.29, 1.82) is 0 Å². The summed E-state index contributed by atoms with van der Waals surface area (Å²) in [6.45, 7) is 3.97. The minimum Gasteiger partial charge on any atom is -0.461 e. The van der Waals surface area contributed by atoms with E-state index in [0.29, 0.717) is 5.56 Å². The fourth-order valence-corrected chi connectivity index (χ4v) is 4.66. The highest BCUT2D eigenvalue weighted by atomic mass is 16.6. The number of pyridine rings is 1. The number of allylic oxidation sites excluding steroid dienone is 2. The molecule has 3 aromatic rings. The van der Waals surface area contributed by atoms with Gasteiger partial charge in [-0.1, -0.05) is 60.7 Å². The van der Waals surface area contributed by atoms with Crippen LogP contribution in [0.2, 0.25) is 0 Å². The van der Waals surface area contributed by atoms with Gasteiger partial charge in [0.05, 0.1) is 16.4 Å². The minimum absolute atomic E-state index is 0.0203. The third-order valence-electron chi connectivity index (χ3n) is 6.28. The van der Waals surface area contributed by atoms with Crippen LogP contribution in [0.1, 0.15) is 36.5 Å². The summed E-state index contributed by atoms with van der Waals surface area (Å²) in [5, 5.41) is 14.9. The van der Waals surface area contributed by atoms with Crippen LogP contribution >= 0.6 is 0 Å². The molecular weight excluding hydrogens is 442 g/mol. The number of aromatic nitrogens is 1. The number of non-ortho nitro benzene ring substituents is 1. The van der Waals surface area contributed by atoms with Crippen LogP contribution in [0.3, 0.4) is 0 Å². The number of rotatable bonds is 7. The molecule has 1 aliphatic rings. The van der Waals surface area contributed by atoms with Crippen LogP contribution in [-0.4, -0.2) is 22.5 Å². The Hall–Kier alpha value is -4.26. The Balaban J connectivity index is 1.69. The van der Waals surface area contributed by atoms with Crippen LogP contribution in [0.25, 0.3) is 6.08 Å². The van der Waals surface area contributed by atoms with E-state index in [4.69, 9.17) is 4.74 Å². The summed E-state index contributed by atoms with van der Waals surface area (Å²) in [5.74, 6) is -1.53. The summed E-state index contributed by atoms with van der Waals surface area (Å²) in [6, 6.07) is 19.9. The predicted molar refractivity (Wildman–Crippen MR) is 134 cm³/mol. The lowest BCUT2D eigenvalue weighted by Crippen LogP contribution is -2.53. The maximum Gasteiger partial charge on any atom is 0.312 e. The monoisotopic (exact) mass is 469 g/mol. The summed E-state index contributed by atoms with van der Waals surface area (Å²) >= 11 is 0. The van der Waals surface area contributed by atoms with Gasteiger partial charge >= 0.3 is 5.97 Å². The largest absolute Gasteiger partial charge is 0.461 e. The Kier molecular flexibility index (Phi) is 7.06. The molecule has 0 bridgehead atoms. The minimum atomic E-state index is -0.845. The molecule has 0 saturated heterocycles. The molecule has 3 unspecified atom stereocenters. The number of nitro benzene ring substituents is 1. The van der Waals surface area contributed by atoms with Crippen molar-refractivity contribution in [2.45, 2.75) is 25.3 Å². The Bertz CT molecular complexity index is 1260. The number of carbonyl (C=O) groups is 1. The van der Waals surface area contributed by atoms with Gasteiger partial charge in [-0.25, -0.2) is 0 Å². The number of nitro groups is 1. The van der Waals surface area contributed by atoms with Crippen molar-refractivity contribution >= 4 is 17.7 Å². The van der Waals surface area contributed by atoms with E-state index in [2.05, 4.69) is 10.3 Å². The van der Waals surface area contributed by atoms with Gasteiger partial charge in [-0.2, -0.15) is 0 Å². The Morgan fingerprint density at radius 3 is 2.69 bits per heavy atom. The van der Waals surface area contributed by atoms with Crippen LogP contribution in [0, 0.1) is 16.0 Å². The number of carbonyl (C=O) groups excluding carboxylic acids is 1. The average Bonchev–Trinajstić information content (AvgIpc) is 2.87. The van der Waals surface area contributed by atoms with Gasteiger partial charge in [0.25, 0.3) is 5.69 Å². The van der Waals surface area contributed by atoms with Gasteiger partial charge in [0.15, 0.2) is 0 Å². The molecule has 2 heterocycles. The third-order valence-corrected chi connectivity index (χ3v) is 6.28. The lowest BCUT2D eigenvalue weighted by Gasteiger charge is -2.45. The van der Waals surface area contributed by atoms with Crippen molar-refractivity contribution in [2.75, 3.05) is 6.61 Å². The molecule has 7 heteroatoms. The maximum absolute atomic E-state index is 13.6. The Morgan fingerprint density at radius 2 is 1.97 bits per heavy atom. The Labute approximate surface area is 204 Å². The van der Waals surface area contributed by atoms with E-state index < -0.39 is 28.3 Å². The van der Waals surface area contributed by atoms with Gasteiger partial charge in [-0.3, -0.25) is 19.9 Å². The summed E-state index contributed by atoms with van der Waals surface area (Å²) in [6.07, 6.45) is 9.04. The highest BCUT2D eigenvalue weighted by Gasteiger charge is 2.49. The van der Waals surface area contributed by atoms with E-state index in [-0.39, 0.29) is 12.3 Å². The van der Waals surface area contributed by atoms with Crippen molar-refractivity contribution in [3.05, 3.63) is 124 Å². The first kappa shape index (κ1) is 23.9. The zero-order valence-electron chi connectivity index (χ0n) is 19.6. The topological polar surface area (TPSA) is 94.4 Å². The molecule has 1 aliphatic heterocycles. The van der Waals surface area contributed by atoms with Gasteiger partial charge in [0, 0.05) is 36.1 Å². The quantitative estimate of drug-likeness (QED) is 0.284. The second-order valence-electron chi connectivity index (χ2n) is 8.72. The summed E-state index contributed by atoms with van der Waals surface area (Å²) in [4.78, 5) is 28.9. The molecule has 2 aromatic carbocycles. The van der Waals surface area contributed by atoms with Crippen molar-refractivity contribution in [1.82, 2.24) is 10.3 Å². The van der Waals surface area contributed by atoms with E-state index in [1.54, 1.807) is 24.5 Å². The molecule has 0 spiro atoms. The van der Waals surface area contributed by atoms with Crippen LogP contribution in [0.5, 0.6) is 0 Å². The van der Waals surface area contributed by atoms with E-state index >= 15 is 0 Å². The fourth-order valence-electron chi connectivity index (χ4n) is 4.66. The highest BCUT2D eigenvalue weighted by molar-refractivity contribution is 5.77. The van der Waals surface area contributed by atoms with Crippen LogP contribution in [-0.2, 0) is 15.1 Å². The molecule has 0 saturated carbocycles. The van der Waals surface area contributed by atoms with Crippen molar-refractivity contribution in [3.8, 4) is 0 Å². The van der Waals surface area contributed by atoms with E-state index in [1.807, 2.05) is 74.5 Å². The lowest BCUT2D eigenvalue weighted by atomic mass is 9.68. The van der Waals surface area contributed by atoms with Crippen LogP contribution in [0.4, 0.5) is 5.69 Å². The molecule has 178 valence electrons. The number of hydrogen-bond acceptors (Lipinski definition) is 6. The van der Waals surface area contributed by atoms with Gasteiger partial charge in [0.1, 0.15) is 6.61 Å². The first-order valence-electron chi connectivity index (χ1n) is 11.4. The number of ether oxygens (including phenoxy) is 1. The van der Waals surface area contributed by atoms with Gasteiger partial charge in [-0.05, 0) is 42.7 Å². The highest BCUT2D eigenvalue weighted by Crippen LogP contribution is 2.45. The van der Waals surface area contributed by atoms with Crippen molar-refractivity contribution < 1.29 is 14.5 Å². The zero-order chi connectivity index (χ0) is 24.8. The van der Waals surface area contributed by atoms with Gasteiger partial charge < -0.3 is 10.1 Å². The second-order valence-corrected chi connectivity index (χ2v) is 8.72. The molecule has 4 rings (SSSR count). The Morgan fingerprint density at radius 1 is 1.17 bits per heavy atom. The normalized spacial score (nSPS) is 21.7. The van der Waals surface area contributed by atoms with Crippen LogP contribution in [0.15, 0.2) is 97.0 Å². The molecule has 7 nitrogen and oxygen atoms in total. The van der Waals surface area contributed by atoms with Crippen molar-refractivity contribution in [3.63, 3.8) is 0 Å². The van der Waals surface area contributed by atoms with Crippen molar-refractivity contribution in [2.24, 2.45) is 5.92 Å². The number of hydrogen-bond donors (Lipinski definition) is 1. The SMILES string of the molecule is CC1=CC(c2cccc([N+](=O)[O-])c2)C(C(=O)OCC=Cc2ccccc2)C(C)(c2cccnc2)N1. The lowest BCUT2D eigenvalue weighted by molar-refractivity contribution is -0.384. The number of nitrogens with zero attached hydrogens (tertiary/aromatic N) is 2. The molecule has 3 atom stereocenters. The molecule has 1 N–H and O–H groups in total. The van der Waals surface area contributed by atoms with Gasteiger partial charge in [-0.15, -0.1) is 0 Å². The molecule has 35 heavy (non-hydrogen) atoms. The van der Waals surface area contributed by atoms with Crippen LogP contribution < -0.4 is 5.32 Å². The van der Waals surface area contributed by atoms with E-state index in [9.17, 15) is 14.9 Å². The van der Waals surface area contributed by atoms with Gasteiger partial charge in [0.2, 0.25) is 0 Å². The average molecular weight is 470 g/mol. The fraction of sp³-hybridized carbons (Fsp3) is 0.214. The third kappa shape index (κ3) is 5.30. The molecule has 0 amide bonds. The summed E-state index contributed by atoms with van der Waals surface area (Å²) in [7, 11) is 0. The molecule has 0 fully saturated rings. The second kappa shape index (κ2) is 10.3. The molecule has 0 radical (unpaired) electrons. The standard InChI is InChI=1S/C28H27N3O4/c1-20-17-25(22-12-6-14-24(18-22)31(33)34)26(28(2,30-20)23-13-7-15-29-19-23)27(32)35-16-8-11-21-9-4-3-5-10-21/h3-15,17-19,25-26,30H,16H2,1-2H3. The zero-order valence-corrected chi connectivity index (χ0v) is 19.6. The molecular formula is C28H27N3O4. The predicted octanol–water partition coefficient (Wildman–Crippen LogP) is 5.37. The first-order chi connectivity index (χ1) is 16.9. The summed E-state index contributed by atoms with van der Waals surface area (Å²) in [5.41, 5.74) is 2.51. The number of esters is 1. The maximum atomic E-state index is 13.6. The van der Waals surface area contributed by atoms with E-state index in [1.165, 1.54) is 12.1 Å². The number of benzene rings is 2. The first-order valence-corrected chi connectivity index (χ1v) is 11.4. The number of nitrogens with one attached hydrogen (secondary N) is 1. The summed E-state index contributed by atoms with van der Waals surface area (Å²) < 4.78 is 5.74. The smallest absolute Gasteiger partial charge is 0.312 e. The van der Waals surface area contributed by atoms with E-state index in [0.717, 1.165) is 16.8 Å². The molecule has 1 aromatic heterocycles.